The van der Waals surface area contributed by atoms with Crippen LogP contribution in [0.25, 0.3) is 0 Å². The fraction of sp³-hybridized carbons (Fsp3) is 0.167. The molecule has 1 atom stereocenters. The summed E-state index contributed by atoms with van der Waals surface area (Å²) in [7, 11) is 0. The molecule has 9 heteroatoms. The maximum Gasteiger partial charge on any atom is 0.317 e. The summed E-state index contributed by atoms with van der Waals surface area (Å²) in [5.74, 6) is -1.45. The smallest absolute Gasteiger partial charge is 0.317 e. The molecule has 2 aromatic carbocycles. The van der Waals surface area contributed by atoms with Crippen molar-refractivity contribution < 1.29 is 19.2 Å². The van der Waals surface area contributed by atoms with E-state index in [0.29, 0.717) is 10.6 Å². The zero-order chi connectivity index (χ0) is 19.8. The summed E-state index contributed by atoms with van der Waals surface area (Å²) in [6.07, 6.45) is -1.09. The molecule has 0 fully saturated rings. The second-order valence-electron chi connectivity index (χ2n) is 5.29. The van der Waals surface area contributed by atoms with Crippen LogP contribution >= 0.6 is 11.8 Å². The average molecular weight is 385 g/mol. The van der Waals surface area contributed by atoms with E-state index >= 15 is 0 Å². The molecule has 0 aliphatic rings. The minimum atomic E-state index is -1.09. The summed E-state index contributed by atoms with van der Waals surface area (Å²) in [4.78, 5) is 34.8. The van der Waals surface area contributed by atoms with E-state index < -0.39 is 22.9 Å². The molecule has 1 N–H and O–H groups in total. The molecule has 8 nitrogen and oxygen atoms in total. The third-order valence-electron chi connectivity index (χ3n) is 3.39. The van der Waals surface area contributed by atoms with Crippen LogP contribution in [-0.4, -0.2) is 28.7 Å². The fourth-order valence-corrected chi connectivity index (χ4v) is 2.88. The Balaban J connectivity index is 1.91. The van der Waals surface area contributed by atoms with E-state index in [1.165, 1.54) is 25.1 Å². The second-order valence-corrected chi connectivity index (χ2v) is 6.31. The van der Waals surface area contributed by atoms with Crippen LogP contribution in [0.2, 0.25) is 0 Å². The van der Waals surface area contributed by atoms with Crippen LogP contribution in [0.4, 0.5) is 11.4 Å². The lowest BCUT2D eigenvalue weighted by molar-refractivity contribution is -0.387. The molecule has 2 aromatic rings. The van der Waals surface area contributed by atoms with Gasteiger partial charge in [0, 0.05) is 6.07 Å². The number of nitro benzene ring substituents is 1. The number of carbonyl (C=O) groups is 2. The number of rotatable bonds is 7. The van der Waals surface area contributed by atoms with Crippen molar-refractivity contribution in [1.82, 2.24) is 0 Å². The molecule has 2 rings (SSSR count). The van der Waals surface area contributed by atoms with Crippen molar-refractivity contribution in [3.8, 4) is 6.07 Å². The second kappa shape index (κ2) is 9.35. The van der Waals surface area contributed by atoms with Gasteiger partial charge in [-0.05, 0) is 25.1 Å². The number of ether oxygens (including phenoxy) is 1. The normalized spacial score (nSPS) is 11.1. The zero-order valence-electron chi connectivity index (χ0n) is 14.2. The summed E-state index contributed by atoms with van der Waals surface area (Å²) < 4.78 is 5.06. The minimum absolute atomic E-state index is 0.103. The Morgan fingerprint density at radius 3 is 2.63 bits per heavy atom. The van der Waals surface area contributed by atoms with Gasteiger partial charge in [0.2, 0.25) is 0 Å². The van der Waals surface area contributed by atoms with Crippen LogP contribution in [0.15, 0.2) is 53.4 Å². The predicted octanol–water partition coefficient (Wildman–Crippen LogP) is 3.13. The highest BCUT2D eigenvalue weighted by atomic mass is 32.2. The number of carbonyl (C=O) groups excluding carboxylic acids is 2. The van der Waals surface area contributed by atoms with Crippen molar-refractivity contribution in [3.63, 3.8) is 0 Å². The van der Waals surface area contributed by atoms with Gasteiger partial charge in [0.25, 0.3) is 11.6 Å². The quantitative estimate of drug-likeness (QED) is 0.336. The van der Waals surface area contributed by atoms with Gasteiger partial charge in [-0.2, -0.15) is 5.26 Å². The van der Waals surface area contributed by atoms with Crippen LogP contribution in [-0.2, 0) is 14.3 Å². The maximum atomic E-state index is 12.1. The van der Waals surface area contributed by atoms with Gasteiger partial charge in [-0.15, -0.1) is 11.8 Å². The molecule has 0 aliphatic carbocycles. The lowest BCUT2D eigenvalue weighted by Gasteiger charge is -2.14. The molecular formula is C18H15N3O5S. The zero-order valence-corrected chi connectivity index (χ0v) is 15.1. The van der Waals surface area contributed by atoms with Gasteiger partial charge in [0.05, 0.1) is 26.8 Å². The van der Waals surface area contributed by atoms with Crippen LogP contribution in [0, 0.1) is 21.4 Å². The van der Waals surface area contributed by atoms with Gasteiger partial charge in [-0.1, -0.05) is 24.3 Å². The van der Waals surface area contributed by atoms with Gasteiger partial charge >= 0.3 is 5.97 Å². The lowest BCUT2D eigenvalue weighted by Crippen LogP contribution is -2.30. The number of nitrogens with one attached hydrogen (secondary N) is 1. The van der Waals surface area contributed by atoms with Crippen molar-refractivity contribution in [1.29, 1.82) is 5.26 Å². The molecule has 0 bridgehead atoms. The number of hydrogen-bond donors (Lipinski definition) is 1. The van der Waals surface area contributed by atoms with Gasteiger partial charge in [0.15, 0.2) is 6.10 Å². The summed E-state index contributed by atoms with van der Waals surface area (Å²) in [6, 6.07) is 14.4. The molecule has 1 amide bonds. The largest absolute Gasteiger partial charge is 0.452 e. The van der Waals surface area contributed by atoms with Crippen molar-refractivity contribution >= 4 is 35.0 Å². The molecule has 0 unspecified atom stereocenters. The molecule has 0 spiro atoms. The number of anilines is 1. The Hall–Kier alpha value is -3.38. The Kier molecular flexibility index (Phi) is 6.91. The maximum absolute atomic E-state index is 12.1. The molecule has 0 aromatic heterocycles. The molecule has 0 heterocycles. The highest BCUT2D eigenvalue weighted by molar-refractivity contribution is 8.00. The number of nitrogens with zero attached hydrogens (tertiary/aromatic N) is 2. The number of hydrogen-bond acceptors (Lipinski definition) is 7. The fourth-order valence-electron chi connectivity index (χ4n) is 2.08. The topological polar surface area (TPSA) is 122 Å². The van der Waals surface area contributed by atoms with E-state index in [1.807, 2.05) is 6.07 Å². The Labute approximate surface area is 159 Å². The van der Waals surface area contributed by atoms with Crippen molar-refractivity contribution in [2.24, 2.45) is 0 Å². The number of para-hydroxylation sites is 2. The first-order valence-electron chi connectivity index (χ1n) is 7.78. The van der Waals surface area contributed by atoms with E-state index in [1.54, 1.807) is 30.3 Å². The van der Waals surface area contributed by atoms with Crippen LogP contribution in [0.5, 0.6) is 0 Å². The number of esters is 1. The molecule has 0 radical (unpaired) electrons. The first-order valence-corrected chi connectivity index (χ1v) is 8.76. The summed E-state index contributed by atoms with van der Waals surface area (Å²) in [5.41, 5.74) is 0.507. The molecule has 27 heavy (non-hydrogen) atoms. The summed E-state index contributed by atoms with van der Waals surface area (Å²) >= 11 is 0.956. The van der Waals surface area contributed by atoms with E-state index in [9.17, 15) is 19.7 Å². The van der Waals surface area contributed by atoms with E-state index in [-0.39, 0.29) is 17.0 Å². The summed E-state index contributed by atoms with van der Waals surface area (Å²) in [5, 5.41) is 22.5. The van der Waals surface area contributed by atoms with Gasteiger partial charge in [-0.3, -0.25) is 19.7 Å². The summed E-state index contributed by atoms with van der Waals surface area (Å²) in [6.45, 7) is 1.40. The van der Waals surface area contributed by atoms with Crippen LogP contribution < -0.4 is 5.32 Å². The Morgan fingerprint density at radius 2 is 1.93 bits per heavy atom. The Morgan fingerprint density at radius 1 is 1.26 bits per heavy atom. The van der Waals surface area contributed by atoms with Crippen molar-refractivity contribution in [2.45, 2.75) is 17.9 Å². The third-order valence-corrected chi connectivity index (χ3v) is 4.43. The van der Waals surface area contributed by atoms with Crippen molar-refractivity contribution in [3.05, 3.63) is 64.2 Å². The third kappa shape index (κ3) is 5.55. The van der Waals surface area contributed by atoms with Gasteiger partial charge < -0.3 is 10.1 Å². The van der Waals surface area contributed by atoms with E-state index in [0.717, 1.165) is 11.8 Å². The van der Waals surface area contributed by atoms with E-state index in [4.69, 9.17) is 10.00 Å². The van der Waals surface area contributed by atoms with E-state index in [2.05, 4.69) is 5.32 Å². The monoisotopic (exact) mass is 385 g/mol. The number of nitro groups is 1. The predicted molar refractivity (Wildman–Crippen MR) is 99.2 cm³/mol. The molecule has 0 saturated carbocycles. The first kappa shape index (κ1) is 19.9. The lowest BCUT2D eigenvalue weighted by atomic mass is 10.2. The van der Waals surface area contributed by atoms with Crippen LogP contribution in [0.3, 0.4) is 0 Å². The molecule has 0 aliphatic heterocycles. The minimum Gasteiger partial charge on any atom is -0.452 e. The SMILES string of the molecule is C[C@@H](OC(=O)CSc1ccccc1[N+](=O)[O-])C(=O)Nc1ccccc1C#N. The molecule has 138 valence electrons. The van der Waals surface area contributed by atoms with Crippen molar-refractivity contribution in [2.75, 3.05) is 11.1 Å². The first-order chi connectivity index (χ1) is 12.9. The number of amides is 1. The standard InChI is InChI=1S/C18H15N3O5S/c1-12(18(23)20-14-7-3-2-6-13(14)10-19)26-17(22)11-27-16-9-5-4-8-15(16)21(24)25/h2-9,12H,11H2,1H3,(H,20,23)/t12-/m1/s1. The van der Waals surface area contributed by atoms with Gasteiger partial charge in [0.1, 0.15) is 6.07 Å². The molecule has 0 saturated heterocycles. The van der Waals surface area contributed by atoms with Gasteiger partial charge in [-0.25, -0.2) is 0 Å². The number of nitriles is 1. The highest BCUT2D eigenvalue weighted by Crippen LogP contribution is 2.28. The molecular weight excluding hydrogens is 370 g/mol. The van der Waals surface area contributed by atoms with Crippen LogP contribution in [0.1, 0.15) is 12.5 Å². The average Bonchev–Trinajstić information content (AvgIpc) is 2.66. The highest BCUT2D eigenvalue weighted by Gasteiger charge is 2.20. The number of benzene rings is 2. The Bertz CT molecular complexity index is 910. The number of thioether (sulfide) groups is 1.